The van der Waals surface area contributed by atoms with Crippen molar-refractivity contribution in [3.63, 3.8) is 0 Å². The van der Waals surface area contributed by atoms with Gasteiger partial charge in [0.05, 0.1) is 6.10 Å². The second-order valence-electron chi connectivity index (χ2n) is 10.7. The van der Waals surface area contributed by atoms with Crippen LogP contribution in [-0.4, -0.2) is 19.0 Å². The van der Waals surface area contributed by atoms with Gasteiger partial charge in [0.25, 0.3) is 0 Å². The monoisotopic (exact) mass is 332 g/mol. The molecule has 0 aromatic heterocycles. The minimum atomic E-state index is -0.112. The van der Waals surface area contributed by atoms with Crippen LogP contribution in [0, 0.1) is 39.9 Å². The van der Waals surface area contributed by atoms with Crippen molar-refractivity contribution >= 4 is 5.78 Å². The molecule has 0 aromatic carbocycles. The number of methoxy groups -OCH3 is 1. The number of carbonyl (C=O) groups is 1. The molecule has 24 heavy (non-hydrogen) atoms. The molecule has 0 spiro atoms. The quantitative estimate of drug-likeness (QED) is 0.655. The van der Waals surface area contributed by atoms with Crippen LogP contribution in [0.5, 0.6) is 0 Å². The smallest absolute Gasteiger partial charge is 0.138 e. The minimum Gasteiger partial charge on any atom is -0.381 e. The third-order valence-electron chi connectivity index (χ3n) is 9.27. The molecule has 0 heterocycles. The molecule has 136 valence electrons. The van der Waals surface area contributed by atoms with E-state index >= 15 is 0 Å². The number of carbonyl (C=O) groups excluding carboxylic acids is 1. The lowest BCUT2D eigenvalue weighted by Crippen LogP contribution is -2.56. The average Bonchev–Trinajstić information content (AvgIpc) is 2.85. The van der Waals surface area contributed by atoms with E-state index in [2.05, 4.69) is 27.7 Å². The summed E-state index contributed by atoms with van der Waals surface area (Å²) < 4.78 is 5.90. The van der Waals surface area contributed by atoms with Gasteiger partial charge in [-0.1, -0.05) is 27.7 Å². The van der Waals surface area contributed by atoms with Crippen LogP contribution in [-0.2, 0) is 9.53 Å². The second-order valence-corrected chi connectivity index (χ2v) is 10.7. The number of Topliss-reactive ketones (excluding diaryl/α,β-unsaturated/α-hetero) is 1. The maximum absolute atomic E-state index is 12.6. The largest absolute Gasteiger partial charge is 0.381 e. The molecule has 0 unspecified atom stereocenters. The van der Waals surface area contributed by atoms with Crippen molar-refractivity contribution < 1.29 is 9.53 Å². The van der Waals surface area contributed by atoms with Crippen molar-refractivity contribution in [2.45, 2.75) is 85.2 Å². The van der Waals surface area contributed by atoms with Gasteiger partial charge in [-0.05, 0) is 79.4 Å². The Morgan fingerprint density at radius 3 is 2.33 bits per heavy atom. The fourth-order valence-electron chi connectivity index (χ4n) is 8.04. The van der Waals surface area contributed by atoms with Crippen molar-refractivity contribution in [2.75, 3.05) is 7.11 Å². The Bertz CT molecular complexity index is 538. The fraction of sp³-hybridized carbons (Fsp3) is 0.955. The maximum Gasteiger partial charge on any atom is 0.138 e. The van der Waals surface area contributed by atoms with Crippen LogP contribution in [0.2, 0.25) is 0 Å². The Hall–Kier alpha value is -0.370. The maximum atomic E-state index is 12.6. The molecule has 4 fully saturated rings. The van der Waals surface area contributed by atoms with E-state index in [1.807, 2.05) is 7.11 Å². The standard InChI is InChI=1S/C22H36O2/c1-20(2)13-22(4)14(12-18(20)23)6-7-15-16-8-9-19(24-5)21(16,3)11-10-17(15)22/h14-17,19H,6-13H2,1-5H3/t14-,15-,16-,17-,19-,21-,22-/m0/s1. The van der Waals surface area contributed by atoms with Crippen LogP contribution in [0.4, 0.5) is 0 Å². The molecule has 0 radical (unpaired) electrons. The van der Waals surface area contributed by atoms with Crippen molar-refractivity contribution in [3.05, 3.63) is 0 Å². The third kappa shape index (κ3) is 2.14. The molecule has 0 aromatic rings. The Balaban J connectivity index is 1.65. The Labute approximate surface area is 148 Å². The second kappa shape index (κ2) is 5.32. The molecule has 4 rings (SSSR count). The first kappa shape index (κ1) is 17.1. The van der Waals surface area contributed by atoms with Crippen LogP contribution < -0.4 is 0 Å². The minimum absolute atomic E-state index is 0.112. The van der Waals surface area contributed by atoms with Crippen molar-refractivity contribution in [2.24, 2.45) is 39.9 Å². The summed E-state index contributed by atoms with van der Waals surface area (Å²) in [6.45, 7) is 9.46. The molecule has 0 saturated heterocycles. The molecule has 4 saturated carbocycles. The Morgan fingerprint density at radius 2 is 1.62 bits per heavy atom. The van der Waals surface area contributed by atoms with Gasteiger partial charge in [-0.2, -0.15) is 0 Å². The summed E-state index contributed by atoms with van der Waals surface area (Å²) in [5.41, 5.74) is 0.671. The number of ether oxygens (including phenoxy) is 1. The highest BCUT2D eigenvalue weighted by Gasteiger charge is 2.62. The van der Waals surface area contributed by atoms with E-state index in [1.165, 1.54) is 38.5 Å². The van der Waals surface area contributed by atoms with Crippen LogP contribution in [0.3, 0.4) is 0 Å². The number of ketones is 1. The van der Waals surface area contributed by atoms with Gasteiger partial charge in [0.1, 0.15) is 5.78 Å². The lowest BCUT2D eigenvalue weighted by Gasteiger charge is -2.62. The molecular formula is C22H36O2. The first-order valence-corrected chi connectivity index (χ1v) is 10.3. The van der Waals surface area contributed by atoms with Gasteiger partial charge < -0.3 is 4.74 Å². The van der Waals surface area contributed by atoms with E-state index in [1.54, 1.807) is 0 Å². The molecule has 2 heteroatoms. The molecule has 7 atom stereocenters. The summed E-state index contributed by atoms with van der Waals surface area (Å²) in [6.07, 6.45) is 10.4. The predicted molar refractivity (Wildman–Crippen MR) is 96.7 cm³/mol. The summed E-state index contributed by atoms with van der Waals surface area (Å²) in [4.78, 5) is 12.6. The molecule has 0 aliphatic heterocycles. The molecule has 0 bridgehead atoms. The van der Waals surface area contributed by atoms with Gasteiger partial charge in [-0.15, -0.1) is 0 Å². The normalized spacial score (nSPS) is 53.2. The first-order chi connectivity index (χ1) is 11.2. The van der Waals surface area contributed by atoms with Gasteiger partial charge in [0.15, 0.2) is 0 Å². The van der Waals surface area contributed by atoms with Crippen LogP contribution in [0.15, 0.2) is 0 Å². The van der Waals surface area contributed by atoms with Crippen LogP contribution in [0.1, 0.15) is 79.1 Å². The number of fused-ring (bicyclic) bond motifs is 5. The highest BCUT2D eigenvalue weighted by molar-refractivity contribution is 5.85. The zero-order valence-corrected chi connectivity index (χ0v) is 16.4. The van der Waals surface area contributed by atoms with Crippen LogP contribution in [0.25, 0.3) is 0 Å². The van der Waals surface area contributed by atoms with Crippen LogP contribution >= 0.6 is 0 Å². The average molecular weight is 333 g/mol. The van der Waals surface area contributed by atoms with E-state index in [4.69, 9.17) is 4.74 Å². The van der Waals surface area contributed by atoms with Crippen molar-refractivity contribution in [3.8, 4) is 0 Å². The van der Waals surface area contributed by atoms with Crippen molar-refractivity contribution in [1.82, 2.24) is 0 Å². The fourth-order valence-corrected chi connectivity index (χ4v) is 8.04. The molecular weight excluding hydrogens is 296 g/mol. The van der Waals surface area contributed by atoms with Gasteiger partial charge in [0.2, 0.25) is 0 Å². The molecule has 0 amide bonds. The summed E-state index contributed by atoms with van der Waals surface area (Å²) >= 11 is 0. The Kier molecular flexibility index (Phi) is 3.78. The summed E-state index contributed by atoms with van der Waals surface area (Å²) in [7, 11) is 1.91. The van der Waals surface area contributed by atoms with Gasteiger partial charge >= 0.3 is 0 Å². The Morgan fingerprint density at radius 1 is 0.917 bits per heavy atom. The highest BCUT2D eigenvalue weighted by Crippen LogP contribution is 2.67. The van der Waals surface area contributed by atoms with E-state index in [-0.39, 0.29) is 5.41 Å². The zero-order valence-electron chi connectivity index (χ0n) is 16.4. The molecule has 4 aliphatic rings. The number of rotatable bonds is 1. The summed E-state index contributed by atoms with van der Waals surface area (Å²) in [5, 5.41) is 0. The SMILES string of the molecule is CO[C@H]1CC[C@H]2[C@@H]3CC[C@H]4CC(=O)C(C)(C)C[C@]4(C)[C@H]3CC[C@]12C. The van der Waals surface area contributed by atoms with E-state index < -0.39 is 0 Å². The van der Waals surface area contributed by atoms with Gasteiger partial charge in [-0.25, -0.2) is 0 Å². The molecule has 0 N–H and O–H groups in total. The number of hydrogen-bond acceptors (Lipinski definition) is 2. The van der Waals surface area contributed by atoms with Crippen molar-refractivity contribution in [1.29, 1.82) is 0 Å². The third-order valence-corrected chi connectivity index (χ3v) is 9.27. The lowest BCUT2D eigenvalue weighted by atomic mass is 9.43. The predicted octanol–water partition coefficient (Wildman–Crippen LogP) is 5.25. The topological polar surface area (TPSA) is 26.3 Å². The van der Waals surface area contributed by atoms with Gasteiger partial charge in [-0.3, -0.25) is 4.79 Å². The summed E-state index contributed by atoms with van der Waals surface area (Å²) in [6, 6.07) is 0. The first-order valence-electron chi connectivity index (χ1n) is 10.3. The van der Waals surface area contributed by atoms with E-state index in [0.717, 1.165) is 30.6 Å². The van der Waals surface area contributed by atoms with E-state index in [0.29, 0.717) is 28.6 Å². The summed E-state index contributed by atoms with van der Waals surface area (Å²) in [5.74, 6) is 3.71. The highest BCUT2D eigenvalue weighted by atomic mass is 16.5. The zero-order chi connectivity index (χ0) is 17.3. The van der Waals surface area contributed by atoms with E-state index in [9.17, 15) is 4.79 Å². The lowest BCUT2D eigenvalue weighted by molar-refractivity contribution is -0.159. The number of hydrogen-bond donors (Lipinski definition) is 0. The molecule has 4 aliphatic carbocycles. The van der Waals surface area contributed by atoms with Gasteiger partial charge in [0, 0.05) is 18.9 Å². The molecule has 2 nitrogen and oxygen atoms in total.